The molecule has 1 aliphatic rings. The monoisotopic (exact) mass is 353 g/mol. The SMILES string of the molecule is C=CCO[C@H]1C[C@](OCc2cccc(F)c2)(C(=O)NC)C[C@@H](O)[C@H]1O. The number of likely N-dealkylation sites (N-methyl/N-ethyl adjacent to an activating group) is 1. The topological polar surface area (TPSA) is 88.0 Å². The maximum Gasteiger partial charge on any atom is 0.252 e. The summed E-state index contributed by atoms with van der Waals surface area (Å²) in [7, 11) is 1.46. The van der Waals surface area contributed by atoms with Gasteiger partial charge in [-0.1, -0.05) is 18.2 Å². The number of hydrogen-bond donors (Lipinski definition) is 3. The van der Waals surface area contributed by atoms with Gasteiger partial charge in [0.2, 0.25) is 0 Å². The molecule has 0 spiro atoms. The highest BCUT2D eigenvalue weighted by Crippen LogP contribution is 2.35. The van der Waals surface area contributed by atoms with Crippen molar-refractivity contribution in [3.05, 3.63) is 48.3 Å². The number of nitrogens with one attached hydrogen (secondary N) is 1. The average Bonchev–Trinajstić information content (AvgIpc) is 2.61. The summed E-state index contributed by atoms with van der Waals surface area (Å²) in [6.07, 6.45) is -1.61. The summed E-state index contributed by atoms with van der Waals surface area (Å²) < 4.78 is 24.7. The maximum absolute atomic E-state index is 13.3. The van der Waals surface area contributed by atoms with Crippen LogP contribution in [0.4, 0.5) is 4.39 Å². The summed E-state index contributed by atoms with van der Waals surface area (Å²) in [6.45, 7) is 3.70. The lowest BCUT2D eigenvalue weighted by atomic mass is 9.78. The molecule has 0 aliphatic heterocycles. The highest BCUT2D eigenvalue weighted by atomic mass is 19.1. The van der Waals surface area contributed by atoms with Gasteiger partial charge < -0.3 is 25.0 Å². The van der Waals surface area contributed by atoms with E-state index in [9.17, 15) is 19.4 Å². The van der Waals surface area contributed by atoms with E-state index in [4.69, 9.17) is 9.47 Å². The molecule has 6 nitrogen and oxygen atoms in total. The Bertz CT molecular complexity index is 611. The first-order valence-corrected chi connectivity index (χ1v) is 8.11. The molecule has 0 aromatic heterocycles. The second-order valence-corrected chi connectivity index (χ2v) is 6.12. The fourth-order valence-electron chi connectivity index (χ4n) is 3.03. The van der Waals surface area contributed by atoms with Crippen LogP contribution in [0.15, 0.2) is 36.9 Å². The molecule has 0 saturated heterocycles. The average molecular weight is 353 g/mol. The number of hydrogen-bond acceptors (Lipinski definition) is 5. The van der Waals surface area contributed by atoms with Crippen LogP contribution in [0.3, 0.4) is 0 Å². The summed E-state index contributed by atoms with van der Waals surface area (Å²) in [6, 6.07) is 5.87. The lowest BCUT2D eigenvalue weighted by molar-refractivity contribution is -0.196. The van der Waals surface area contributed by atoms with Gasteiger partial charge in [-0.25, -0.2) is 4.39 Å². The van der Waals surface area contributed by atoms with Crippen LogP contribution in [0.25, 0.3) is 0 Å². The molecule has 2 rings (SSSR count). The zero-order valence-corrected chi connectivity index (χ0v) is 14.2. The molecule has 138 valence electrons. The molecule has 0 radical (unpaired) electrons. The van der Waals surface area contributed by atoms with Gasteiger partial charge in [0.15, 0.2) is 5.60 Å². The van der Waals surface area contributed by atoms with E-state index in [1.807, 2.05) is 0 Å². The van der Waals surface area contributed by atoms with Gasteiger partial charge in [0.25, 0.3) is 5.91 Å². The number of carbonyl (C=O) groups excluding carboxylic acids is 1. The van der Waals surface area contributed by atoms with Gasteiger partial charge in [0, 0.05) is 19.9 Å². The van der Waals surface area contributed by atoms with Crippen LogP contribution in [0.5, 0.6) is 0 Å². The number of halogens is 1. The predicted molar refractivity (Wildman–Crippen MR) is 89.2 cm³/mol. The van der Waals surface area contributed by atoms with Crippen molar-refractivity contribution in [2.45, 2.75) is 43.4 Å². The van der Waals surface area contributed by atoms with Crippen LogP contribution >= 0.6 is 0 Å². The van der Waals surface area contributed by atoms with Gasteiger partial charge in [-0.05, 0) is 17.7 Å². The Kier molecular flexibility index (Phi) is 6.66. The van der Waals surface area contributed by atoms with E-state index >= 15 is 0 Å². The Morgan fingerprint density at radius 3 is 2.88 bits per heavy atom. The van der Waals surface area contributed by atoms with E-state index in [2.05, 4.69) is 11.9 Å². The molecule has 3 N–H and O–H groups in total. The maximum atomic E-state index is 13.3. The van der Waals surface area contributed by atoms with Crippen molar-refractivity contribution in [2.24, 2.45) is 0 Å². The van der Waals surface area contributed by atoms with Crippen molar-refractivity contribution >= 4 is 5.91 Å². The van der Waals surface area contributed by atoms with Crippen LogP contribution in [-0.4, -0.2) is 53.7 Å². The number of aliphatic hydroxyl groups excluding tert-OH is 2. The molecule has 1 aromatic rings. The van der Waals surface area contributed by atoms with E-state index < -0.39 is 35.6 Å². The fourth-order valence-corrected chi connectivity index (χ4v) is 3.03. The Morgan fingerprint density at radius 2 is 2.24 bits per heavy atom. The smallest absolute Gasteiger partial charge is 0.252 e. The highest BCUT2D eigenvalue weighted by Gasteiger charge is 2.51. The predicted octanol–water partition coefficient (Wildman–Crippen LogP) is 0.914. The van der Waals surface area contributed by atoms with Crippen LogP contribution in [0.1, 0.15) is 18.4 Å². The van der Waals surface area contributed by atoms with Crippen molar-refractivity contribution in [1.29, 1.82) is 0 Å². The van der Waals surface area contributed by atoms with Crippen LogP contribution in [0, 0.1) is 5.82 Å². The van der Waals surface area contributed by atoms with E-state index in [1.54, 1.807) is 12.1 Å². The second kappa shape index (κ2) is 8.53. The number of benzene rings is 1. The molecule has 0 bridgehead atoms. The molecule has 7 heteroatoms. The van der Waals surface area contributed by atoms with Gasteiger partial charge in [-0.2, -0.15) is 0 Å². The van der Waals surface area contributed by atoms with E-state index in [1.165, 1.54) is 25.3 Å². The van der Waals surface area contributed by atoms with Crippen LogP contribution in [-0.2, 0) is 20.9 Å². The number of rotatable bonds is 7. The number of amides is 1. The molecule has 1 saturated carbocycles. The molecule has 1 amide bonds. The summed E-state index contributed by atoms with van der Waals surface area (Å²) in [4.78, 5) is 12.5. The van der Waals surface area contributed by atoms with Crippen molar-refractivity contribution in [3.8, 4) is 0 Å². The van der Waals surface area contributed by atoms with Crippen LogP contribution < -0.4 is 5.32 Å². The first kappa shape index (κ1) is 19.5. The first-order valence-electron chi connectivity index (χ1n) is 8.11. The minimum absolute atomic E-state index is 0.0117. The number of ether oxygens (including phenoxy) is 2. The first-order chi connectivity index (χ1) is 11.9. The number of carbonyl (C=O) groups is 1. The van der Waals surface area contributed by atoms with Crippen molar-refractivity contribution in [3.63, 3.8) is 0 Å². The van der Waals surface area contributed by atoms with Gasteiger partial charge in [0.1, 0.15) is 11.9 Å². The largest absolute Gasteiger partial charge is 0.390 e. The van der Waals surface area contributed by atoms with Crippen molar-refractivity contribution < 1.29 is 28.9 Å². The second-order valence-electron chi connectivity index (χ2n) is 6.12. The zero-order valence-electron chi connectivity index (χ0n) is 14.2. The van der Waals surface area contributed by atoms with Gasteiger partial charge >= 0.3 is 0 Å². The Labute approximate surface area is 146 Å². The van der Waals surface area contributed by atoms with E-state index in [0.29, 0.717) is 5.56 Å². The van der Waals surface area contributed by atoms with Crippen molar-refractivity contribution in [1.82, 2.24) is 5.32 Å². The van der Waals surface area contributed by atoms with Gasteiger partial charge in [0.05, 0.1) is 25.4 Å². The van der Waals surface area contributed by atoms with E-state index in [0.717, 1.165) is 0 Å². The minimum Gasteiger partial charge on any atom is -0.390 e. The molecule has 0 unspecified atom stereocenters. The summed E-state index contributed by atoms with van der Waals surface area (Å²) >= 11 is 0. The summed E-state index contributed by atoms with van der Waals surface area (Å²) in [5, 5.41) is 22.8. The quantitative estimate of drug-likeness (QED) is 0.635. The Hall–Kier alpha value is -1.80. The highest BCUT2D eigenvalue weighted by molar-refractivity contribution is 5.85. The molecule has 4 atom stereocenters. The molecule has 1 aliphatic carbocycles. The van der Waals surface area contributed by atoms with Gasteiger partial charge in [-0.15, -0.1) is 6.58 Å². The third kappa shape index (κ3) is 4.64. The molecule has 1 aromatic carbocycles. The van der Waals surface area contributed by atoms with Crippen LogP contribution in [0.2, 0.25) is 0 Å². The third-order valence-corrected chi connectivity index (χ3v) is 4.32. The molecular formula is C18H24FNO5. The summed E-state index contributed by atoms with van der Waals surface area (Å²) in [5.74, 6) is -0.830. The Balaban J connectivity index is 2.20. The molecule has 1 fully saturated rings. The standard InChI is InChI=1S/C18H24FNO5/c1-3-7-24-15-10-18(17(23)20-2,9-14(21)16(15)22)25-11-12-5-4-6-13(19)8-12/h3-6,8,14-16,21-22H,1,7,9-11H2,2H3,(H,20,23)/t14-,15+,16-,18+/m1/s1. The fraction of sp³-hybridized carbons (Fsp3) is 0.500. The lowest BCUT2D eigenvalue weighted by Crippen LogP contribution is -2.60. The Morgan fingerprint density at radius 1 is 1.48 bits per heavy atom. The molecule has 25 heavy (non-hydrogen) atoms. The lowest BCUT2D eigenvalue weighted by Gasteiger charge is -2.43. The zero-order chi connectivity index (χ0) is 18.4. The molecular weight excluding hydrogens is 329 g/mol. The normalized spacial score (nSPS) is 29.2. The van der Waals surface area contributed by atoms with E-state index in [-0.39, 0.29) is 26.1 Å². The third-order valence-electron chi connectivity index (χ3n) is 4.32. The minimum atomic E-state index is -1.38. The van der Waals surface area contributed by atoms with Crippen molar-refractivity contribution in [2.75, 3.05) is 13.7 Å². The summed E-state index contributed by atoms with van der Waals surface area (Å²) in [5.41, 5.74) is -0.821. The molecule has 0 heterocycles. The number of aliphatic hydroxyl groups is 2. The van der Waals surface area contributed by atoms with Gasteiger partial charge in [-0.3, -0.25) is 4.79 Å².